The lowest BCUT2D eigenvalue weighted by atomic mass is 9.63. The van der Waals surface area contributed by atoms with E-state index >= 15 is 0 Å². The van der Waals surface area contributed by atoms with Gasteiger partial charge in [0.1, 0.15) is 0 Å². The molecule has 220 valence electrons. The van der Waals surface area contributed by atoms with Gasteiger partial charge < -0.3 is 0 Å². The van der Waals surface area contributed by atoms with Gasteiger partial charge in [0.2, 0.25) is 0 Å². The van der Waals surface area contributed by atoms with Crippen LogP contribution in [0.3, 0.4) is 0 Å². The predicted molar refractivity (Wildman–Crippen MR) is 182 cm³/mol. The van der Waals surface area contributed by atoms with E-state index in [0.29, 0.717) is 5.92 Å². The molecule has 3 aliphatic rings. The van der Waals surface area contributed by atoms with Crippen LogP contribution in [-0.4, -0.2) is 0 Å². The zero-order chi connectivity index (χ0) is 29.8. The van der Waals surface area contributed by atoms with Crippen molar-refractivity contribution in [2.75, 3.05) is 0 Å². The van der Waals surface area contributed by atoms with Crippen LogP contribution in [0, 0.1) is 39.5 Å². The number of rotatable bonds is 1. The first-order valence-corrected chi connectivity index (χ1v) is 16.6. The Labute approximate surface area is 256 Å². The normalized spacial score (nSPS) is 21.7. The average Bonchev–Trinajstić information content (AvgIpc) is 2.98. The molecule has 0 nitrogen and oxygen atoms in total. The lowest BCUT2D eigenvalue weighted by molar-refractivity contribution is 0.191. The third kappa shape index (κ3) is 6.29. The van der Waals surface area contributed by atoms with Crippen LogP contribution in [0.25, 0.3) is 0 Å². The Hall–Kier alpha value is -3.12. The fourth-order valence-electron chi connectivity index (χ4n) is 8.62. The zero-order valence-corrected chi connectivity index (χ0v) is 27.3. The third-order valence-electron chi connectivity index (χ3n) is 10.7. The Balaban J connectivity index is 0.000000130. The molecular weight excluding hydrogens is 504 g/mol. The van der Waals surface area contributed by atoms with E-state index in [0.717, 1.165) is 30.6 Å². The second kappa shape index (κ2) is 13.5. The van der Waals surface area contributed by atoms with Gasteiger partial charge in [-0.25, -0.2) is 0 Å². The van der Waals surface area contributed by atoms with Gasteiger partial charge >= 0.3 is 0 Å². The summed E-state index contributed by atoms with van der Waals surface area (Å²) in [6.07, 6.45) is 9.48. The van der Waals surface area contributed by atoms with Crippen LogP contribution >= 0.6 is 0 Å². The predicted octanol–water partition coefficient (Wildman–Crippen LogP) is 11.4. The number of benzene rings is 4. The smallest absolute Gasteiger partial charge is 0.00693 e. The highest BCUT2D eigenvalue weighted by Gasteiger charge is 2.36. The largest absolute Gasteiger partial charge is 0.0620 e. The highest BCUT2D eigenvalue weighted by Crippen LogP contribution is 2.47. The van der Waals surface area contributed by atoms with Crippen molar-refractivity contribution >= 4 is 0 Å². The van der Waals surface area contributed by atoms with Crippen LogP contribution < -0.4 is 0 Å². The standard InChI is InChI=1S/C16H22.C16H16.C10H14/c2*1-11-6-5-8-14-10-13-7-3-4-9-15(13)12(2)16(11)14;1-4-10-8(2)6-5-7-9(10)3/h5-6,8,12-13,15H,3-4,7,9-10H2,1-2H3;3-9,12H,10H2,1-2H3;5-7H,4H2,1-3H3. The van der Waals surface area contributed by atoms with Crippen molar-refractivity contribution in [3.8, 4) is 0 Å². The molecule has 0 heteroatoms. The van der Waals surface area contributed by atoms with Gasteiger partial charge in [-0.2, -0.15) is 0 Å². The van der Waals surface area contributed by atoms with Crippen molar-refractivity contribution in [3.05, 3.63) is 140 Å². The van der Waals surface area contributed by atoms with Crippen molar-refractivity contribution in [3.63, 3.8) is 0 Å². The molecule has 0 N–H and O–H groups in total. The lowest BCUT2D eigenvalue weighted by Gasteiger charge is -2.42. The first kappa shape index (κ1) is 30.3. The first-order valence-electron chi connectivity index (χ1n) is 16.6. The Kier molecular flexibility index (Phi) is 9.72. The zero-order valence-electron chi connectivity index (χ0n) is 27.3. The summed E-state index contributed by atoms with van der Waals surface area (Å²) >= 11 is 0. The van der Waals surface area contributed by atoms with Gasteiger partial charge in [-0.05, 0) is 139 Å². The molecule has 0 heterocycles. The van der Waals surface area contributed by atoms with Crippen LogP contribution in [0.4, 0.5) is 0 Å². The molecule has 0 aliphatic heterocycles. The van der Waals surface area contributed by atoms with E-state index in [1.54, 1.807) is 16.7 Å². The molecule has 7 rings (SSSR count). The molecule has 0 spiro atoms. The van der Waals surface area contributed by atoms with E-state index in [4.69, 9.17) is 0 Å². The molecule has 0 bridgehead atoms. The monoisotopic (exact) mass is 556 g/mol. The highest BCUT2D eigenvalue weighted by atomic mass is 14.4. The van der Waals surface area contributed by atoms with E-state index in [1.807, 2.05) is 0 Å². The van der Waals surface area contributed by atoms with Crippen LogP contribution in [-0.2, 0) is 19.3 Å². The first-order chi connectivity index (χ1) is 20.3. The van der Waals surface area contributed by atoms with Gasteiger partial charge in [-0.3, -0.25) is 0 Å². The molecule has 4 aromatic carbocycles. The second-order valence-electron chi connectivity index (χ2n) is 13.3. The van der Waals surface area contributed by atoms with Gasteiger partial charge in [0.15, 0.2) is 0 Å². The summed E-state index contributed by atoms with van der Waals surface area (Å²) in [7, 11) is 0. The third-order valence-corrected chi connectivity index (χ3v) is 10.7. The van der Waals surface area contributed by atoms with Gasteiger partial charge in [0.25, 0.3) is 0 Å². The van der Waals surface area contributed by atoms with E-state index in [9.17, 15) is 0 Å². The Morgan fingerprint density at radius 1 is 0.595 bits per heavy atom. The minimum Gasteiger partial charge on any atom is -0.0620 e. The van der Waals surface area contributed by atoms with Crippen LogP contribution in [0.2, 0.25) is 0 Å². The molecule has 4 aromatic rings. The molecule has 1 saturated carbocycles. The summed E-state index contributed by atoms with van der Waals surface area (Å²) in [5, 5.41) is 0. The Morgan fingerprint density at radius 2 is 1.17 bits per heavy atom. The lowest BCUT2D eigenvalue weighted by Crippen LogP contribution is -2.31. The van der Waals surface area contributed by atoms with Gasteiger partial charge in [-0.15, -0.1) is 0 Å². The van der Waals surface area contributed by atoms with Gasteiger partial charge in [0, 0.05) is 5.92 Å². The fourth-order valence-corrected chi connectivity index (χ4v) is 8.62. The SMILES string of the molecule is CCc1c(C)cccc1C.Cc1cccc2c1C(C)C1CCCCC1C2.Cc1cccc2c1C(C)c1ccccc1C2. The molecule has 3 aliphatic carbocycles. The molecule has 1 fully saturated rings. The summed E-state index contributed by atoms with van der Waals surface area (Å²) in [5.74, 6) is 3.30. The van der Waals surface area contributed by atoms with E-state index < -0.39 is 0 Å². The number of fused-ring (bicyclic) bond motifs is 4. The Morgan fingerprint density at radius 3 is 1.86 bits per heavy atom. The molecule has 0 aromatic heterocycles. The van der Waals surface area contributed by atoms with Crippen LogP contribution in [0.1, 0.15) is 119 Å². The molecule has 4 atom stereocenters. The maximum absolute atomic E-state index is 2.47. The van der Waals surface area contributed by atoms with Crippen molar-refractivity contribution in [2.45, 2.75) is 105 Å². The van der Waals surface area contributed by atoms with E-state index in [1.165, 1.54) is 76.6 Å². The average molecular weight is 557 g/mol. The number of aryl methyl sites for hydroxylation is 4. The van der Waals surface area contributed by atoms with Crippen LogP contribution in [0.5, 0.6) is 0 Å². The van der Waals surface area contributed by atoms with Crippen molar-refractivity contribution < 1.29 is 0 Å². The minimum absolute atomic E-state index is 0.543. The van der Waals surface area contributed by atoms with E-state index in [2.05, 4.69) is 127 Å². The molecule has 0 radical (unpaired) electrons. The summed E-state index contributed by atoms with van der Waals surface area (Å²) in [4.78, 5) is 0. The summed E-state index contributed by atoms with van der Waals surface area (Å²) in [6.45, 7) is 15.9. The highest BCUT2D eigenvalue weighted by molar-refractivity contribution is 5.51. The summed E-state index contributed by atoms with van der Waals surface area (Å²) in [6, 6.07) is 28.9. The van der Waals surface area contributed by atoms with Crippen molar-refractivity contribution in [1.82, 2.24) is 0 Å². The number of hydrogen-bond donors (Lipinski definition) is 0. The van der Waals surface area contributed by atoms with Crippen molar-refractivity contribution in [1.29, 1.82) is 0 Å². The van der Waals surface area contributed by atoms with Gasteiger partial charge in [-0.1, -0.05) is 112 Å². The van der Waals surface area contributed by atoms with Crippen molar-refractivity contribution in [2.24, 2.45) is 11.8 Å². The number of hydrogen-bond acceptors (Lipinski definition) is 0. The minimum atomic E-state index is 0.543. The molecule has 42 heavy (non-hydrogen) atoms. The molecular formula is C42H52. The maximum atomic E-state index is 2.47. The topological polar surface area (TPSA) is 0 Å². The molecule has 0 saturated heterocycles. The maximum Gasteiger partial charge on any atom is 0.00693 e. The van der Waals surface area contributed by atoms with Crippen LogP contribution in [0.15, 0.2) is 78.9 Å². The van der Waals surface area contributed by atoms with E-state index in [-0.39, 0.29) is 0 Å². The fraction of sp³-hybridized carbons (Fsp3) is 0.429. The van der Waals surface area contributed by atoms with Gasteiger partial charge in [0.05, 0.1) is 0 Å². The molecule has 0 amide bonds. The molecule has 4 unspecified atom stereocenters. The summed E-state index contributed by atoms with van der Waals surface area (Å²) in [5.41, 5.74) is 16.7. The Bertz CT molecular complexity index is 1480. The summed E-state index contributed by atoms with van der Waals surface area (Å²) < 4.78 is 0. The quantitative estimate of drug-likeness (QED) is 0.219. The second-order valence-corrected chi connectivity index (χ2v) is 13.3.